The van der Waals surface area contributed by atoms with Crippen molar-refractivity contribution in [2.75, 3.05) is 0 Å². The van der Waals surface area contributed by atoms with Crippen molar-refractivity contribution in [3.05, 3.63) is 24.3 Å². The fourth-order valence-electron chi connectivity index (χ4n) is 2.63. The lowest BCUT2D eigenvalue weighted by Crippen LogP contribution is -1.92. The molecule has 0 spiro atoms. The number of carboxylic acid groups (broad SMARTS) is 1. The van der Waals surface area contributed by atoms with Gasteiger partial charge in [0, 0.05) is 6.42 Å². The Morgan fingerprint density at radius 1 is 0.826 bits per heavy atom. The molecule has 0 saturated heterocycles. The summed E-state index contributed by atoms with van der Waals surface area (Å²) >= 11 is 0. The van der Waals surface area contributed by atoms with Crippen LogP contribution in [0.3, 0.4) is 0 Å². The van der Waals surface area contributed by atoms with Crippen LogP contribution in [0.4, 0.5) is 0 Å². The SMILES string of the molecule is CCCCCCCCCCC/C=C/C(C)/C=C/CCCC(=O)O. The van der Waals surface area contributed by atoms with E-state index in [1.807, 2.05) is 0 Å². The number of aliphatic carboxylic acids is 1. The van der Waals surface area contributed by atoms with Crippen LogP contribution in [0.1, 0.15) is 97.3 Å². The second-order valence-corrected chi connectivity index (χ2v) is 6.62. The second kappa shape index (κ2) is 17.3. The molecule has 23 heavy (non-hydrogen) atoms. The summed E-state index contributed by atoms with van der Waals surface area (Å²) in [6.45, 7) is 4.45. The van der Waals surface area contributed by atoms with Crippen molar-refractivity contribution in [3.63, 3.8) is 0 Å². The monoisotopic (exact) mass is 322 g/mol. The highest BCUT2D eigenvalue weighted by Crippen LogP contribution is 2.11. The molecule has 1 atom stereocenters. The average Bonchev–Trinajstić information content (AvgIpc) is 2.52. The maximum atomic E-state index is 10.4. The van der Waals surface area contributed by atoms with Crippen LogP contribution in [0.5, 0.6) is 0 Å². The van der Waals surface area contributed by atoms with Gasteiger partial charge in [-0.3, -0.25) is 4.79 Å². The van der Waals surface area contributed by atoms with Gasteiger partial charge >= 0.3 is 5.97 Å². The molecular formula is C21H38O2. The van der Waals surface area contributed by atoms with Crippen molar-refractivity contribution >= 4 is 5.97 Å². The molecule has 0 radical (unpaired) electrons. The number of allylic oxidation sites excluding steroid dienone is 4. The summed E-state index contributed by atoms with van der Waals surface area (Å²) in [5.74, 6) is -0.245. The summed E-state index contributed by atoms with van der Waals surface area (Å²) in [5.41, 5.74) is 0. The Morgan fingerprint density at radius 3 is 1.83 bits per heavy atom. The van der Waals surface area contributed by atoms with E-state index in [-0.39, 0.29) is 6.42 Å². The van der Waals surface area contributed by atoms with E-state index in [4.69, 9.17) is 5.11 Å². The van der Waals surface area contributed by atoms with Crippen molar-refractivity contribution in [2.24, 2.45) is 5.92 Å². The number of carbonyl (C=O) groups is 1. The Kier molecular flexibility index (Phi) is 16.5. The molecule has 0 aliphatic carbocycles. The first-order valence-corrected chi connectivity index (χ1v) is 9.72. The predicted molar refractivity (Wildman–Crippen MR) is 101 cm³/mol. The third-order valence-electron chi connectivity index (χ3n) is 4.12. The second-order valence-electron chi connectivity index (χ2n) is 6.62. The van der Waals surface area contributed by atoms with Gasteiger partial charge in [0.05, 0.1) is 0 Å². The molecule has 134 valence electrons. The highest BCUT2D eigenvalue weighted by atomic mass is 16.4. The van der Waals surface area contributed by atoms with E-state index in [9.17, 15) is 4.79 Å². The van der Waals surface area contributed by atoms with Crippen LogP contribution in [0.25, 0.3) is 0 Å². The molecule has 0 rings (SSSR count). The van der Waals surface area contributed by atoms with Gasteiger partial charge < -0.3 is 5.11 Å². The number of hydrogen-bond donors (Lipinski definition) is 1. The fourth-order valence-corrected chi connectivity index (χ4v) is 2.63. The largest absolute Gasteiger partial charge is 0.481 e. The quantitative estimate of drug-likeness (QED) is 0.247. The van der Waals surface area contributed by atoms with Crippen molar-refractivity contribution in [1.29, 1.82) is 0 Å². The van der Waals surface area contributed by atoms with Gasteiger partial charge in [0.25, 0.3) is 0 Å². The molecule has 0 aromatic rings. The van der Waals surface area contributed by atoms with Gasteiger partial charge in [0.2, 0.25) is 0 Å². The van der Waals surface area contributed by atoms with E-state index in [1.54, 1.807) is 0 Å². The van der Waals surface area contributed by atoms with E-state index in [0.717, 1.165) is 12.8 Å². The molecule has 0 aromatic heterocycles. The molecule has 0 bridgehead atoms. The van der Waals surface area contributed by atoms with Gasteiger partial charge in [-0.1, -0.05) is 89.5 Å². The predicted octanol–water partition coefficient (Wildman–Crippen LogP) is 6.91. The molecule has 1 unspecified atom stereocenters. The Bertz CT molecular complexity index is 318. The first-order valence-electron chi connectivity index (χ1n) is 9.72. The molecule has 0 heterocycles. The lowest BCUT2D eigenvalue weighted by molar-refractivity contribution is -0.137. The van der Waals surface area contributed by atoms with Gasteiger partial charge in [-0.2, -0.15) is 0 Å². The average molecular weight is 323 g/mol. The number of unbranched alkanes of at least 4 members (excludes halogenated alkanes) is 10. The lowest BCUT2D eigenvalue weighted by atomic mass is 10.1. The normalized spacial score (nSPS) is 13.1. The van der Waals surface area contributed by atoms with Gasteiger partial charge in [-0.15, -0.1) is 0 Å². The van der Waals surface area contributed by atoms with Crippen LogP contribution < -0.4 is 0 Å². The number of rotatable bonds is 16. The first-order chi connectivity index (χ1) is 11.2. The molecule has 2 heteroatoms. The Hall–Kier alpha value is -1.05. The van der Waals surface area contributed by atoms with Gasteiger partial charge in [0.1, 0.15) is 0 Å². The van der Waals surface area contributed by atoms with Crippen molar-refractivity contribution < 1.29 is 9.90 Å². The van der Waals surface area contributed by atoms with E-state index in [0.29, 0.717) is 5.92 Å². The maximum absolute atomic E-state index is 10.4. The molecule has 0 saturated carbocycles. The van der Waals surface area contributed by atoms with E-state index in [1.165, 1.54) is 64.2 Å². The van der Waals surface area contributed by atoms with Gasteiger partial charge in [0.15, 0.2) is 0 Å². The molecule has 0 aromatic carbocycles. The zero-order valence-corrected chi connectivity index (χ0v) is 15.4. The van der Waals surface area contributed by atoms with E-state index < -0.39 is 5.97 Å². The zero-order chi connectivity index (χ0) is 17.2. The minimum Gasteiger partial charge on any atom is -0.481 e. The molecule has 0 aliphatic rings. The summed E-state index contributed by atoms with van der Waals surface area (Å²) < 4.78 is 0. The Balaban J connectivity index is 3.37. The minimum absolute atomic E-state index is 0.271. The topological polar surface area (TPSA) is 37.3 Å². The number of hydrogen-bond acceptors (Lipinski definition) is 1. The summed E-state index contributed by atoms with van der Waals surface area (Å²) in [4.78, 5) is 10.4. The molecule has 0 aliphatic heterocycles. The standard InChI is InChI=1S/C21H38O2/c1-3-4-5-6-7-8-9-10-11-12-14-17-20(2)18-15-13-16-19-21(22)23/h14-15,17-18,20H,3-13,16,19H2,1-2H3,(H,22,23)/b17-14+,18-15+. The summed E-state index contributed by atoms with van der Waals surface area (Å²) in [7, 11) is 0. The summed E-state index contributed by atoms with van der Waals surface area (Å²) in [6, 6.07) is 0. The molecule has 2 nitrogen and oxygen atoms in total. The maximum Gasteiger partial charge on any atom is 0.303 e. The summed E-state index contributed by atoms with van der Waals surface area (Å²) in [6.07, 6.45) is 24.4. The zero-order valence-electron chi connectivity index (χ0n) is 15.4. The smallest absolute Gasteiger partial charge is 0.303 e. The van der Waals surface area contributed by atoms with Gasteiger partial charge in [-0.25, -0.2) is 0 Å². The fraction of sp³-hybridized carbons (Fsp3) is 0.762. The van der Waals surface area contributed by atoms with E-state index in [2.05, 4.69) is 38.2 Å². The third-order valence-corrected chi connectivity index (χ3v) is 4.12. The highest BCUT2D eigenvalue weighted by molar-refractivity contribution is 5.66. The van der Waals surface area contributed by atoms with Crippen LogP contribution in [0.2, 0.25) is 0 Å². The lowest BCUT2D eigenvalue weighted by Gasteiger charge is -2.01. The highest BCUT2D eigenvalue weighted by Gasteiger charge is 1.95. The Morgan fingerprint density at radius 2 is 1.30 bits per heavy atom. The van der Waals surface area contributed by atoms with Crippen LogP contribution in [-0.2, 0) is 4.79 Å². The van der Waals surface area contributed by atoms with Gasteiger partial charge in [-0.05, 0) is 31.6 Å². The van der Waals surface area contributed by atoms with Crippen molar-refractivity contribution in [2.45, 2.75) is 97.3 Å². The summed E-state index contributed by atoms with van der Waals surface area (Å²) in [5, 5.41) is 8.56. The van der Waals surface area contributed by atoms with Crippen molar-refractivity contribution in [3.8, 4) is 0 Å². The molecule has 0 fully saturated rings. The van der Waals surface area contributed by atoms with E-state index >= 15 is 0 Å². The van der Waals surface area contributed by atoms with Crippen LogP contribution in [-0.4, -0.2) is 11.1 Å². The Labute approximate surface area is 144 Å². The number of carboxylic acids is 1. The minimum atomic E-state index is -0.702. The molecular weight excluding hydrogens is 284 g/mol. The first kappa shape index (κ1) is 21.9. The van der Waals surface area contributed by atoms with Crippen LogP contribution >= 0.6 is 0 Å². The van der Waals surface area contributed by atoms with Crippen LogP contribution in [0.15, 0.2) is 24.3 Å². The third kappa shape index (κ3) is 18.9. The van der Waals surface area contributed by atoms with Crippen molar-refractivity contribution in [1.82, 2.24) is 0 Å². The molecule has 1 N–H and O–H groups in total. The van der Waals surface area contributed by atoms with Crippen LogP contribution in [0, 0.1) is 5.92 Å². The molecule has 0 amide bonds.